The Morgan fingerprint density at radius 2 is 2.41 bits per heavy atom. The predicted octanol–water partition coefficient (Wildman–Crippen LogP) is 3.06. The van der Waals surface area contributed by atoms with E-state index in [2.05, 4.69) is 34.5 Å². The molecule has 94 valence electrons. The van der Waals surface area contributed by atoms with Crippen LogP contribution in [0.15, 0.2) is 10.4 Å². The number of thiazole rings is 1. The van der Waals surface area contributed by atoms with Gasteiger partial charge in [-0.25, -0.2) is 4.98 Å². The van der Waals surface area contributed by atoms with Crippen molar-refractivity contribution in [2.45, 2.75) is 39.8 Å². The average molecular weight is 269 g/mol. The Bertz CT molecular complexity index is 398. The molecule has 0 aliphatic carbocycles. The van der Waals surface area contributed by atoms with Crippen LogP contribution in [0.4, 0.5) is 0 Å². The van der Waals surface area contributed by atoms with Crippen LogP contribution in [0.25, 0.3) is 0 Å². The van der Waals surface area contributed by atoms with Gasteiger partial charge in [0, 0.05) is 22.9 Å². The van der Waals surface area contributed by atoms with Crippen LogP contribution in [0, 0.1) is 12.8 Å². The number of thioether (sulfide) groups is 1. The lowest BCUT2D eigenvalue weighted by Gasteiger charge is -2.28. The highest BCUT2D eigenvalue weighted by Crippen LogP contribution is 2.19. The van der Waals surface area contributed by atoms with Crippen LogP contribution >= 0.6 is 23.1 Å². The summed E-state index contributed by atoms with van der Waals surface area (Å²) in [5, 5.41) is 7.78. The molecule has 1 unspecified atom stereocenters. The van der Waals surface area contributed by atoms with E-state index in [1.54, 1.807) is 11.3 Å². The van der Waals surface area contributed by atoms with Gasteiger partial charge in [-0.15, -0.1) is 11.3 Å². The zero-order valence-corrected chi connectivity index (χ0v) is 12.2. The molecule has 1 atom stereocenters. The Morgan fingerprint density at radius 3 is 3.06 bits per heavy atom. The maximum atomic E-state index is 4.62. The summed E-state index contributed by atoms with van der Waals surface area (Å²) in [4.78, 5) is 9.04. The van der Waals surface area contributed by atoms with Gasteiger partial charge >= 0.3 is 0 Å². The second kappa shape index (κ2) is 5.87. The fourth-order valence-electron chi connectivity index (χ4n) is 1.76. The van der Waals surface area contributed by atoms with Crippen molar-refractivity contribution in [3.05, 3.63) is 16.1 Å². The molecule has 2 rings (SSSR count). The molecule has 0 saturated carbocycles. The first-order valence-electron chi connectivity index (χ1n) is 6.00. The van der Waals surface area contributed by atoms with Crippen molar-refractivity contribution < 1.29 is 0 Å². The number of hydrogen-bond donors (Lipinski definition) is 1. The number of amidine groups is 1. The van der Waals surface area contributed by atoms with Gasteiger partial charge in [0.1, 0.15) is 5.01 Å². The molecule has 1 aromatic rings. The quantitative estimate of drug-likeness (QED) is 0.916. The Kier molecular flexibility index (Phi) is 4.45. The zero-order chi connectivity index (χ0) is 12.3. The van der Waals surface area contributed by atoms with E-state index in [0.29, 0.717) is 18.5 Å². The molecule has 3 nitrogen and oxygen atoms in total. The molecule has 0 radical (unpaired) electrons. The first-order valence-corrected chi connectivity index (χ1v) is 7.86. The van der Waals surface area contributed by atoms with E-state index in [4.69, 9.17) is 0 Å². The van der Waals surface area contributed by atoms with Crippen LogP contribution in [0.3, 0.4) is 0 Å². The van der Waals surface area contributed by atoms with Gasteiger partial charge in [0.05, 0.1) is 6.54 Å². The van der Waals surface area contributed by atoms with E-state index < -0.39 is 0 Å². The molecule has 1 aliphatic rings. The molecule has 17 heavy (non-hydrogen) atoms. The van der Waals surface area contributed by atoms with Crippen LogP contribution in [0.2, 0.25) is 0 Å². The maximum Gasteiger partial charge on any atom is 0.157 e. The summed E-state index contributed by atoms with van der Waals surface area (Å²) in [6, 6.07) is 0.577. The van der Waals surface area contributed by atoms with E-state index in [1.165, 1.54) is 12.2 Å². The fraction of sp³-hybridized carbons (Fsp3) is 0.667. The molecule has 1 N–H and O–H groups in total. The summed E-state index contributed by atoms with van der Waals surface area (Å²) in [6.07, 6.45) is 1.23. The third-order valence-electron chi connectivity index (χ3n) is 2.81. The van der Waals surface area contributed by atoms with Crippen LogP contribution < -0.4 is 5.32 Å². The van der Waals surface area contributed by atoms with Crippen LogP contribution in [0.1, 0.15) is 31.0 Å². The zero-order valence-electron chi connectivity index (χ0n) is 10.6. The van der Waals surface area contributed by atoms with E-state index in [1.807, 2.05) is 18.7 Å². The molecule has 0 spiro atoms. The van der Waals surface area contributed by atoms with Gasteiger partial charge in [-0.2, -0.15) is 0 Å². The molecular weight excluding hydrogens is 250 g/mol. The molecule has 5 heteroatoms. The lowest BCUT2D eigenvalue weighted by atomic mass is 10.0. The van der Waals surface area contributed by atoms with E-state index in [-0.39, 0.29) is 0 Å². The number of aryl methyl sites for hydroxylation is 1. The number of nitrogens with one attached hydrogen (secondary N) is 1. The lowest BCUT2D eigenvalue weighted by molar-refractivity contribution is 0.442. The van der Waals surface area contributed by atoms with Gasteiger partial charge in [-0.1, -0.05) is 25.6 Å². The van der Waals surface area contributed by atoms with Crippen molar-refractivity contribution >= 4 is 28.3 Å². The average Bonchev–Trinajstić information content (AvgIpc) is 2.73. The van der Waals surface area contributed by atoms with Crippen molar-refractivity contribution in [1.82, 2.24) is 10.3 Å². The van der Waals surface area contributed by atoms with Gasteiger partial charge in [0.25, 0.3) is 0 Å². The first-order chi connectivity index (χ1) is 8.15. The third-order valence-corrected chi connectivity index (χ3v) is 4.72. The van der Waals surface area contributed by atoms with E-state index >= 15 is 0 Å². The lowest BCUT2D eigenvalue weighted by Crippen LogP contribution is -2.41. The van der Waals surface area contributed by atoms with Gasteiger partial charge in [-0.05, 0) is 19.3 Å². The number of rotatable bonds is 3. The molecule has 0 amide bonds. The van der Waals surface area contributed by atoms with Gasteiger partial charge in [-0.3, -0.25) is 4.99 Å². The van der Waals surface area contributed by atoms with Crippen molar-refractivity contribution in [3.63, 3.8) is 0 Å². The summed E-state index contributed by atoms with van der Waals surface area (Å²) in [5.74, 6) is 1.84. The Morgan fingerprint density at radius 1 is 1.59 bits per heavy atom. The second-order valence-electron chi connectivity index (χ2n) is 4.64. The van der Waals surface area contributed by atoms with E-state index in [9.17, 15) is 0 Å². The summed E-state index contributed by atoms with van der Waals surface area (Å²) in [7, 11) is 0. The Hall–Kier alpha value is -0.550. The highest BCUT2D eigenvalue weighted by Gasteiger charge is 2.19. The molecule has 1 aliphatic heterocycles. The van der Waals surface area contributed by atoms with Gasteiger partial charge < -0.3 is 5.32 Å². The summed E-state index contributed by atoms with van der Waals surface area (Å²) < 4.78 is 0. The normalized spacial score (nSPS) is 23.1. The minimum atomic E-state index is 0.577. The number of nitrogens with zero attached hydrogens (tertiary/aromatic N) is 2. The molecular formula is C12H19N3S2. The highest BCUT2D eigenvalue weighted by molar-refractivity contribution is 8.13. The van der Waals surface area contributed by atoms with Crippen LogP contribution in [-0.4, -0.2) is 21.9 Å². The number of aromatic nitrogens is 1. The summed E-state index contributed by atoms with van der Waals surface area (Å²) in [5.41, 5.74) is 1.09. The summed E-state index contributed by atoms with van der Waals surface area (Å²) in [6.45, 7) is 7.25. The minimum absolute atomic E-state index is 0.577. The standard InChI is InChI=1S/C12H19N3S2/c1-8(2)10-4-5-16-12(15-10)13-6-11-14-9(3)7-17-11/h7-8,10H,4-6H2,1-3H3,(H,13,15). The smallest absolute Gasteiger partial charge is 0.157 e. The monoisotopic (exact) mass is 269 g/mol. The van der Waals surface area contributed by atoms with Crippen molar-refractivity contribution in [1.29, 1.82) is 0 Å². The van der Waals surface area contributed by atoms with Crippen LogP contribution in [-0.2, 0) is 6.54 Å². The largest absolute Gasteiger partial charge is 0.362 e. The van der Waals surface area contributed by atoms with Crippen molar-refractivity contribution in [2.75, 3.05) is 5.75 Å². The SMILES string of the molecule is Cc1csc(CN=C2NC(C(C)C)CCS2)n1. The highest BCUT2D eigenvalue weighted by atomic mass is 32.2. The number of hydrogen-bond acceptors (Lipinski definition) is 4. The van der Waals surface area contributed by atoms with Gasteiger partial charge in [0.15, 0.2) is 5.17 Å². The maximum absolute atomic E-state index is 4.62. The predicted molar refractivity (Wildman–Crippen MR) is 76.8 cm³/mol. The van der Waals surface area contributed by atoms with E-state index in [0.717, 1.165) is 15.9 Å². The van der Waals surface area contributed by atoms with Crippen LogP contribution in [0.5, 0.6) is 0 Å². The second-order valence-corrected chi connectivity index (χ2v) is 6.66. The minimum Gasteiger partial charge on any atom is -0.362 e. The first kappa shape index (κ1) is 12.9. The molecule has 1 saturated heterocycles. The topological polar surface area (TPSA) is 37.3 Å². The third kappa shape index (κ3) is 3.71. The number of aliphatic imine (C=N–C) groups is 1. The fourth-order valence-corrected chi connectivity index (χ4v) is 3.41. The molecule has 2 heterocycles. The van der Waals surface area contributed by atoms with Crippen molar-refractivity contribution in [2.24, 2.45) is 10.9 Å². The van der Waals surface area contributed by atoms with Gasteiger partial charge in [0.2, 0.25) is 0 Å². The molecule has 0 bridgehead atoms. The summed E-state index contributed by atoms with van der Waals surface area (Å²) >= 11 is 3.52. The molecule has 1 aromatic heterocycles. The Labute approximate surface area is 111 Å². The Balaban J connectivity index is 1.93. The van der Waals surface area contributed by atoms with Crippen molar-refractivity contribution in [3.8, 4) is 0 Å². The molecule has 1 fully saturated rings. The molecule has 0 aromatic carbocycles.